The highest BCUT2D eigenvalue weighted by molar-refractivity contribution is 7.86. The molecular formula is C9H7FO5S. The highest BCUT2D eigenvalue weighted by Gasteiger charge is 2.19. The molecule has 0 aromatic heterocycles. The number of carbonyl (C=O) groups is 2. The Morgan fingerprint density at radius 3 is 2.19 bits per heavy atom. The maximum absolute atomic E-state index is 12.6. The van der Waals surface area contributed by atoms with Gasteiger partial charge < -0.3 is 5.11 Å². The van der Waals surface area contributed by atoms with E-state index in [0.29, 0.717) is 6.07 Å². The number of hydrogen-bond donors (Lipinski definition) is 1. The summed E-state index contributed by atoms with van der Waals surface area (Å²) in [5.74, 6) is -2.03. The monoisotopic (exact) mass is 246 g/mol. The summed E-state index contributed by atoms with van der Waals surface area (Å²) in [7, 11) is -4.95. The van der Waals surface area contributed by atoms with Gasteiger partial charge in [-0.2, -0.15) is 8.42 Å². The predicted molar refractivity (Wildman–Crippen MR) is 51.7 cm³/mol. The van der Waals surface area contributed by atoms with Crippen LogP contribution < -0.4 is 0 Å². The molecule has 0 aliphatic carbocycles. The third-order valence-electron chi connectivity index (χ3n) is 1.88. The van der Waals surface area contributed by atoms with Crippen LogP contribution in [0.5, 0.6) is 0 Å². The van der Waals surface area contributed by atoms with E-state index in [9.17, 15) is 21.9 Å². The van der Waals surface area contributed by atoms with Gasteiger partial charge in [-0.1, -0.05) is 0 Å². The fraction of sp³-hybridized carbons (Fsp3) is 0.111. The summed E-state index contributed by atoms with van der Waals surface area (Å²) in [6.45, 7) is 1.07. The second-order valence-electron chi connectivity index (χ2n) is 3.01. The van der Waals surface area contributed by atoms with Crippen LogP contribution in [0.15, 0.2) is 23.1 Å². The topological polar surface area (TPSA) is 88.5 Å². The third-order valence-corrected chi connectivity index (χ3v) is 2.70. The van der Waals surface area contributed by atoms with Gasteiger partial charge in [0.25, 0.3) is 0 Å². The number of Topliss-reactive ketones (excluding diaryl/α,β-unsaturated/α-hetero) is 1. The van der Waals surface area contributed by atoms with Crippen molar-refractivity contribution in [1.29, 1.82) is 0 Å². The molecule has 5 nitrogen and oxygen atoms in total. The number of halogens is 1. The first-order chi connectivity index (χ1) is 7.23. The summed E-state index contributed by atoms with van der Waals surface area (Å²) >= 11 is 0. The minimum atomic E-state index is -4.95. The molecule has 1 rings (SSSR count). The minimum Gasteiger partial charge on any atom is -0.478 e. The zero-order chi connectivity index (χ0) is 12.5. The average molecular weight is 246 g/mol. The van der Waals surface area contributed by atoms with Crippen LogP contribution in [0.4, 0.5) is 3.89 Å². The van der Waals surface area contributed by atoms with Crippen LogP contribution in [0.1, 0.15) is 27.6 Å². The second kappa shape index (κ2) is 4.01. The number of aromatic carboxylic acids is 1. The Morgan fingerprint density at radius 2 is 1.81 bits per heavy atom. The summed E-state index contributed by atoms with van der Waals surface area (Å²) in [5, 5.41) is 8.71. The van der Waals surface area contributed by atoms with Crippen molar-refractivity contribution in [2.24, 2.45) is 0 Å². The largest absolute Gasteiger partial charge is 0.478 e. The molecule has 0 aliphatic heterocycles. The van der Waals surface area contributed by atoms with Crippen molar-refractivity contribution < 1.29 is 27.0 Å². The molecule has 0 radical (unpaired) electrons. The Bertz CT molecular complexity index is 561. The number of benzene rings is 1. The molecule has 0 fully saturated rings. The van der Waals surface area contributed by atoms with Gasteiger partial charge in [-0.3, -0.25) is 4.79 Å². The first-order valence-corrected chi connectivity index (χ1v) is 5.45. The molecule has 1 aromatic carbocycles. The molecule has 0 unspecified atom stereocenters. The molecule has 0 amide bonds. The average Bonchev–Trinajstić information content (AvgIpc) is 2.15. The van der Waals surface area contributed by atoms with Gasteiger partial charge in [0.2, 0.25) is 0 Å². The number of rotatable bonds is 3. The van der Waals surface area contributed by atoms with Gasteiger partial charge in [0, 0.05) is 5.56 Å². The molecule has 0 spiro atoms. The van der Waals surface area contributed by atoms with Crippen LogP contribution in [0.25, 0.3) is 0 Å². The van der Waals surface area contributed by atoms with Crippen LogP contribution >= 0.6 is 0 Å². The van der Waals surface area contributed by atoms with Crippen molar-refractivity contribution in [3.05, 3.63) is 29.3 Å². The minimum absolute atomic E-state index is 0.341. The smallest absolute Gasteiger partial charge is 0.336 e. The van der Waals surface area contributed by atoms with E-state index in [1.54, 1.807) is 0 Å². The lowest BCUT2D eigenvalue weighted by Crippen LogP contribution is -2.07. The fourth-order valence-corrected chi connectivity index (χ4v) is 1.64. The highest BCUT2D eigenvalue weighted by Crippen LogP contribution is 2.18. The van der Waals surface area contributed by atoms with Crippen molar-refractivity contribution in [1.82, 2.24) is 0 Å². The summed E-state index contributed by atoms with van der Waals surface area (Å²) in [5.41, 5.74) is -0.703. The maximum atomic E-state index is 12.6. The number of carboxylic acid groups (broad SMARTS) is 1. The lowest BCUT2D eigenvalue weighted by molar-refractivity contribution is 0.0692. The number of carbonyl (C=O) groups excluding carboxylic acids is 1. The molecule has 0 atom stereocenters. The zero-order valence-electron chi connectivity index (χ0n) is 8.10. The Hall–Kier alpha value is -1.76. The van der Waals surface area contributed by atoms with Gasteiger partial charge in [-0.05, 0) is 25.1 Å². The highest BCUT2D eigenvalue weighted by atomic mass is 32.3. The Balaban J connectivity index is 3.52. The lowest BCUT2D eigenvalue weighted by atomic mass is 10.0. The molecule has 86 valence electrons. The molecule has 1 N–H and O–H groups in total. The number of carboxylic acids is 1. The summed E-state index contributed by atoms with van der Waals surface area (Å²) in [6.07, 6.45) is 0. The van der Waals surface area contributed by atoms with E-state index in [4.69, 9.17) is 5.11 Å². The molecule has 0 aliphatic rings. The first kappa shape index (κ1) is 12.3. The Kier molecular flexibility index (Phi) is 3.09. The Labute approximate surface area is 90.7 Å². The number of hydrogen-bond acceptors (Lipinski definition) is 4. The third kappa shape index (κ3) is 2.43. The molecule has 0 saturated heterocycles. The van der Waals surface area contributed by atoms with E-state index >= 15 is 0 Å². The van der Waals surface area contributed by atoms with Gasteiger partial charge >= 0.3 is 16.2 Å². The van der Waals surface area contributed by atoms with Crippen molar-refractivity contribution in [3.63, 3.8) is 0 Å². The molecule has 7 heteroatoms. The van der Waals surface area contributed by atoms with E-state index in [2.05, 4.69) is 0 Å². The summed E-state index contributed by atoms with van der Waals surface area (Å²) in [4.78, 5) is 21.0. The molecule has 16 heavy (non-hydrogen) atoms. The normalized spacial score (nSPS) is 11.1. The lowest BCUT2D eigenvalue weighted by Gasteiger charge is -2.03. The summed E-state index contributed by atoms with van der Waals surface area (Å²) in [6, 6.07) is 2.39. The second-order valence-corrected chi connectivity index (χ2v) is 4.35. The fourth-order valence-electron chi connectivity index (χ4n) is 1.15. The van der Waals surface area contributed by atoms with Crippen molar-refractivity contribution in [2.45, 2.75) is 11.8 Å². The molecule has 0 heterocycles. The van der Waals surface area contributed by atoms with Crippen LogP contribution in [0.2, 0.25) is 0 Å². The van der Waals surface area contributed by atoms with Crippen LogP contribution in [0, 0.1) is 0 Å². The predicted octanol–water partition coefficient (Wildman–Crippen LogP) is 1.25. The maximum Gasteiger partial charge on any atom is 0.336 e. The summed E-state index contributed by atoms with van der Waals surface area (Å²) < 4.78 is 33.7. The van der Waals surface area contributed by atoms with E-state index < -0.39 is 26.9 Å². The van der Waals surface area contributed by atoms with Gasteiger partial charge in [-0.25, -0.2) is 4.79 Å². The molecule has 1 aromatic rings. The van der Waals surface area contributed by atoms with Crippen molar-refractivity contribution in [2.75, 3.05) is 0 Å². The van der Waals surface area contributed by atoms with Gasteiger partial charge in [0.05, 0.1) is 10.5 Å². The molecular weight excluding hydrogens is 239 g/mol. The van der Waals surface area contributed by atoms with Crippen molar-refractivity contribution >= 4 is 22.0 Å². The SMILES string of the molecule is CC(=O)c1cc(S(=O)(=O)F)ccc1C(=O)O. The van der Waals surface area contributed by atoms with Crippen LogP contribution in [-0.2, 0) is 10.2 Å². The van der Waals surface area contributed by atoms with E-state index in [0.717, 1.165) is 19.1 Å². The number of ketones is 1. The van der Waals surface area contributed by atoms with Crippen LogP contribution in [-0.4, -0.2) is 25.3 Å². The standard InChI is InChI=1S/C9H7FO5S/c1-5(11)8-4-6(16(10,14)15)2-3-7(8)9(12)13/h2-4H,1H3,(H,12,13). The zero-order valence-corrected chi connectivity index (χ0v) is 8.91. The van der Waals surface area contributed by atoms with Crippen LogP contribution in [0.3, 0.4) is 0 Å². The van der Waals surface area contributed by atoms with Gasteiger partial charge in [0.1, 0.15) is 0 Å². The quantitative estimate of drug-likeness (QED) is 0.640. The Morgan fingerprint density at radius 1 is 1.25 bits per heavy atom. The van der Waals surface area contributed by atoms with Gasteiger partial charge in [-0.15, -0.1) is 3.89 Å². The van der Waals surface area contributed by atoms with Crippen molar-refractivity contribution in [3.8, 4) is 0 Å². The molecule has 0 bridgehead atoms. The van der Waals surface area contributed by atoms with E-state index in [1.165, 1.54) is 0 Å². The first-order valence-electron chi connectivity index (χ1n) is 4.06. The van der Waals surface area contributed by atoms with E-state index in [1.807, 2.05) is 0 Å². The van der Waals surface area contributed by atoms with E-state index in [-0.39, 0.29) is 11.1 Å². The molecule has 0 saturated carbocycles. The van der Waals surface area contributed by atoms with Gasteiger partial charge in [0.15, 0.2) is 5.78 Å².